The lowest BCUT2D eigenvalue weighted by Crippen LogP contribution is -2.31. The Hall–Kier alpha value is -3.40. The number of ether oxygens (including phenoxy) is 4. The van der Waals surface area contributed by atoms with Crippen LogP contribution in [0.2, 0.25) is 10.0 Å². The van der Waals surface area contributed by atoms with Crippen LogP contribution in [0.3, 0.4) is 0 Å². The number of hydrogen-bond donors (Lipinski definition) is 1. The van der Waals surface area contributed by atoms with E-state index in [1.54, 1.807) is 24.3 Å². The molecule has 0 saturated carbocycles. The molecule has 0 heterocycles. The van der Waals surface area contributed by atoms with E-state index in [9.17, 15) is 13.2 Å². The summed E-state index contributed by atoms with van der Waals surface area (Å²) in [5.74, 6) is 0.497. The highest BCUT2D eigenvalue weighted by Crippen LogP contribution is 2.40. The Bertz CT molecular complexity index is 1400. The predicted octanol–water partition coefficient (Wildman–Crippen LogP) is 5.07. The van der Waals surface area contributed by atoms with Gasteiger partial charge in [-0.05, 0) is 59.7 Å². The first kappa shape index (κ1) is 27.2. The predicted molar refractivity (Wildman–Crippen MR) is 139 cm³/mol. The van der Waals surface area contributed by atoms with Crippen molar-refractivity contribution >= 4 is 50.8 Å². The van der Waals surface area contributed by atoms with Crippen LogP contribution in [-0.4, -0.2) is 42.8 Å². The molecule has 0 saturated heterocycles. The number of nitrogens with one attached hydrogen (secondary N) is 1. The molecule has 8 nitrogen and oxygen atoms in total. The van der Waals surface area contributed by atoms with Gasteiger partial charge in [0.05, 0.1) is 33.5 Å². The van der Waals surface area contributed by atoms with Gasteiger partial charge in [-0.15, -0.1) is 0 Å². The molecule has 0 aromatic heterocycles. The Morgan fingerprint density at radius 2 is 1.53 bits per heavy atom. The van der Waals surface area contributed by atoms with E-state index in [4.69, 9.17) is 42.1 Å². The zero-order valence-electron chi connectivity index (χ0n) is 19.8. The Morgan fingerprint density at radius 3 is 2.08 bits per heavy atom. The maximum absolute atomic E-state index is 13.5. The average Bonchev–Trinajstić information content (AvgIpc) is 2.85. The van der Waals surface area contributed by atoms with Gasteiger partial charge in [-0.2, -0.15) is 0 Å². The molecular weight excluding hydrogens is 529 g/mol. The Labute approximate surface area is 219 Å². The van der Waals surface area contributed by atoms with Gasteiger partial charge in [0.15, 0.2) is 11.5 Å². The van der Waals surface area contributed by atoms with E-state index < -0.39 is 15.9 Å². The van der Waals surface area contributed by atoms with Crippen molar-refractivity contribution in [3.63, 3.8) is 0 Å². The van der Waals surface area contributed by atoms with Crippen LogP contribution >= 0.6 is 23.2 Å². The zero-order chi connectivity index (χ0) is 26.5. The van der Waals surface area contributed by atoms with Crippen LogP contribution in [0.1, 0.15) is 11.1 Å². The molecule has 0 bridgehead atoms. The van der Waals surface area contributed by atoms with Crippen molar-refractivity contribution in [2.24, 2.45) is 0 Å². The van der Waals surface area contributed by atoms with Gasteiger partial charge in [-0.1, -0.05) is 35.3 Å². The average molecular weight is 552 g/mol. The monoisotopic (exact) mass is 551 g/mol. The second-order valence-electron chi connectivity index (χ2n) is 7.26. The van der Waals surface area contributed by atoms with E-state index in [0.29, 0.717) is 22.6 Å². The van der Waals surface area contributed by atoms with Crippen molar-refractivity contribution in [2.45, 2.75) is 4.90 Å². The summed E-state index contributed by atoms with van der Waals surface area (Å²) in [5, 5.41) is 0.121. The fourth-order valence-corrected chi connectivity index (χ4v) is 5.08. The zero-order valence-corrected chi connectivity index (χ0v) is 22.1. The minimum absolute atomic E-state index is 0.00355. The van der Waals surface area contributed by atoms with E-state index in [2.05, 4.69) is 4.72 Å². The number of rotatable bonds is 9. The molecule has 1 N–H and O–H groups in total. The second-order valence-corrected chi connectivity index (χ2v) is 9.75. The third-order valence-electron chi connectivity index (χ3n) is 5.04. The smallest absolute Gasteiger partial charge is 0.265 e. The lowest BCUT2D eigenvalue weighted by atomic mass is 10.0. The molecule has 1 amide bonds. The Morgan fingerprint density at radius 1 is 0.861 bits per heavy atom. The molecule has 0 atom stereocenters. The van der Waals surface area contributed by atoms with Crippen LogP contribution in [-0.2, 0) is 14.8 Å². The van der Waals surface area contributed by atoms with E-state index in [1.165, 1.54) is 64.8 Å². The number of carbonyl (C=O) groups excluding carboxylic acids is 1. The highest BCUT2D eigenvalue weighted by atomic mass is 35.5. The number of sulfonamides is 1. The quantitative estimate of drug-likeness (QED) is 0.292. The molecule has 0 fully saturated rings. The van der Waals surface area contributed by atoms with Crippen LogP contribution < -0.4 is 23.7 Å². The maximum atomic E-state index is 13.5. The number of benzene rings is 3. The normalized spacial score (nSPS) is 11.6. The lowest BCUT2D eigenvalue weighted by Gasteiger charge is -2.16. The van der Waals surface area contributed by atoms with Crippen molar-refractivity contribution in [3.8, 4) is 23.0 Å². The molecule has 3 aromatic carbocycles. The minimum atomic E-state index is -4.35. The molecule has 190 valence electrons. The summed E-state index contributed by atoms with van der Waals surface area (Å²) in [6.45, 7) is 0. The number of carbonyl (C=O) groups is 1. The summed E-state index contributed by atoms with van der Waals surface area (Å²) in [6, 6.07) is 13.8. The van der Waals surface area contributed by atoms with Crippen LogP contribution in [0.25, 0.3) is 11.6 Å². The number of hydrogen-bond acceptors (Lipinski definition) is 7. The number of amides is 1. The van der Waals surface area contributed by atoms with Crippen molar-refractivity contribution in [1.29, 1.82) is 0 Å². The standard InChI is InChI=1S/C25H23Cl2NO7S/c1-32-18-7-5-6-15(10-18)11-19(16-12-21(33-2)24(35-4)22(13-16)34-3)25(29)28-36(30,31)23-9-8-17(26)14-20(23)27/h5-14H,1-4H3,(H,28,29)/b19-11+. The third kappa shape index (κ3) is 6.04. The summed E-state index contributed by atoms with van der Waals surface area (Å²) < 4.78 is 49.6. The number of halogens is 2. The molecule has 3 rings (SSSR count). The highest BCUT2D eigenvalue weighted by molar-refractivity contribution is 7.90. The van der Waals surface area contributed by atoms with Gasteiger partial charge in [0.2, 0.25) is 5.75 Å². The van der Waals surface area contributed by atoms with Crippen molar-refractivity contribution in [1.82, 2.24) is 4.72 Å². The first-order valence-electron chi connectivity index (χ1n) is 10.3. The van der Waals surface area contributed by atoms with E-state index >= 15 is 0 Å². The molecule has 0 aliphatic heterocycles. The first-order chi connectivity index (χ1) is 17.1. The van der Waals surface area contributed by atoms with E-state index in [0.717, 1.165) is 0 Å². The molecule has 0 aliphatic rings. The van der Waals surface area contributed by atoms with Gasteiger partial charge in [0, 0.05) is 10.6 Å². The van der Waals surface area contributed by atoms with E-state index in [1.807, 2.05) is 0 Å². The van der Waals surface area contributed by atoms with Crippen molar-refractivity contribution < 1.29 is 32.2 Å². The molecular formula is C25H23Cl2NO7S. The van der Waals surface area contributed by atoms with Gasteiger partial charge < -0.3 is 18.9 Å². The van der Waals surface area contributed by atoms with Gasteiger partial charge >= 0.3 is 0 Å². The van der Waals surface area contributed by atoms with Gasteiger partial charge in [0.25, 0.3) is 15.9 Å². The molecule has 36 heavy (non-hydrogen) atoms. The molecule has 0 spiro atoms. The molecule has 11 heteroatoms. The highest BCUT2D eigenvalue weighted by Gasteiger charge is 2.25. The topological polar surface area (TPSA) is 100 Å². The first-order valence-corrected chi connectivity index (χ1v) is 12.6. The van der Waals surface area contributed by atoms with Crippen molar-refractivity contribution in [3.05, 3.63) is 75.8 Å². The maximum Gasteiger partial charge on any atom is 0.265 e. The largest absolute Gasteiger partial charge is 0.497 e. The lowest BCUT2D eigenvalue weighted by molar-refractivity contribution is -0.113. The van der Waals surface area contributed by atoms with Crippen LogP contribution in [0.5, 0.6) is 23.0 Å². The fourth-order valence-electron chi connectivity index (χ4n) is 3.34. The van der Waals surface area contributed by atoms with Crippen LogP contribution in [0.4, 0.5) is 0 Å². The summed E-state index contributed by atoms with van der Waals surface area (Å²) in [7, 11) is 1.47. The summed E-state index contributed by atoms with van der Waals surface area (Å²) >= 11 is 12.0. The Kier molecular flexibility index (Phi) is 8.73. The van der Waals surface area contributed by atoms with Gasteiger partial charge in [-0.25, -0.2) is 13.1 Å². The van der Waals surface area contributed by atoms with Crippen molar-refractivity contribution in [2.75, 3.05) is 28.4 Å². The fraction of sp³-hybridized carbons (Fsp3) is 0.160. The number of methoxy groups -OCH3 is 4. The second kappa shape index (κ2) is 11.6. The SMILES string of the molecule is COc1cccc(/C=C(/C(=O)NS(=O)(=O)c2ccc(Cl)cc2Cl)c2cc(OC)c(OC)c(OC)c2)c1. The molecule has 0 unspecified atom stereocenters. The molecule has 3 aromatic rings. The third-order valence-corrected chi connectivity index (χ3v) is 7.08. The summed E-state index contributed by atoms with van der Waals surface area (Å²) in [4.78, 5) is 13.2. The van der Waals surface area contributed by atoms with Crippen LogP contribution in [0, 0.1) is 0 Å². The van der Waals surface area contributed by atoms with Gasteiger partial charge in [-0.3, -0.25) is 4.79 Å². The van der Waals surface area contributed by atoms with E-state index in [-0.39, 0.29) is 32.0 Å². The molecule has 0 aliphatic carbocycles. The summed E-state index contributed by atoms with van der Waals surface area (Å²) in [6.07, 6.45) is 1.51. The summed E-state index contributed by atoms with van der Waals surface area (Å²) in [5.41, 5.74) is 0.883. The Balaban J connectivity index is 2.16. The van der Waals surface area contributed by atoms with Gasteiger partial charge in [0.1, 0.15) is 10.6 Å². The van der Waals surface area contributed by atoms with Crippen LogP contribution in [0.15, 0.2) is 59.5 Å². The molecule has 0 radical (unpaired) electrons. The minimum Gasteiger partial charge on any atom is -0.497 e.